The molecule has 0 amide bonds. The summed E-state index contributed by atoms with van der Waals surface area (Å²) in [5.41, 5.74) is 4.35. The van der Waals surface area contributed by atoms with E-state index < -0.39 is 0 Å². The predicted molar refractivity (Wildman–Crippen MR) is 83.4 cm³/mol. The lowest BCUT2D eigenvalue weighted by Crippen LogP contribution is -2.38. The Bertz CT molecular complexity index is 830. The lowest BCUT2D eigenvalue weighted by atomic mass is 9.97. The first-order valence-corrected chi connectivity index (χ1v) is 7.59. The highest BCUT2D eigenvalue weighted by atomic mass is 79.9. The van der Waals surface area contributed by atoms with Crippen molar-refractivity contribution in [2.75, 3.05) is 0 Å². The molecule has 0 spiro atoms. The van der Waals surface area contributed by atoms with Crippen LogP contribution in [0.1, 0.15) is 17.2 Å². The van der Waals surface area contributed by atoms with Crippen LogP contribution in [0.2, 0.25) is 0 Å². The molecule has 2 aromatic carbocycles. The monoisotopic (exact) mass is 340 g/mol. The van der Waals surface area contributed by atoms with Gasteiger partial charge in [-0.05, 0) is 40.2 Å². The van der Waals surface area contributed by atoms with Gasteiger partial charge in [0, 0.05) is 17.2 Å². The van der Waals surface area contributed by atoms with Gasteiger partial charge in [-0.25, -0.2) is 4.39 Å². The first-order valence-electron chi connectivity index (χ1n) is 6.80. The van der Waals surface area contributed by atoms with Crippen molar-refractivity contribution in [1.29, 1.82) is 0 Å². The summed E-state index contributed by atoms with van der Waals surface area (Å²) < 4.78 is 17.0. The molecule has 1 aliphatic rings. The van der Waals surface area contributed by atoms with Crippen molar-refractivity contribution in [1.82, 2.24) is 0 Å². The van der Waals surface area contributed by atoms with Crippen LogP contribution >= 0.6 is 15.9 Å². The third-order valence-corrected chi connectivity index (χ3v) is 4.57. The van der Waals surface area contributed by atoms with Crippen molar-refractivity contribution in [2.45, 2.75) is 6.04 Å². The minimum atomic E-state index is -0.195. The van der Waals surface area contributed by atoms with Crippen LogP contribution in [-0.2, 0) is 0 Å². The van der Waals surface area contributed by atoms with Crippen LogP contribution in [0, 0.1) is 5.82 Å². The van der Waals surface area contributed by atoms with Crippen molar-refractivity contribution in [3.8, 4) is 11.3 Å². The number of rotatable bonds is 1. The van der Waals surface area contributed by atoms with Crippen molar-refractivity contribution in [3.63, 3.8) is 0 Å². The van der Waals surface area contributed by atoms with Crippen LogP contribution in [-0.4, -0.2) is 0 Å². The van der Waals surface area contributed by atoms with Crippen LogP contribution in [0.15, 0.2) is 71.3 Å². The van der Waals surface area contributed by atoms with Gasteiger partial charge < -0.3 is 0 Å². The number of hydrogen-bond acceptors (Lipinski definition) is 0. The van der Waals surface area contributed by atoms with Gasteiger partial charge in [0.05, 0.1) is 10.0 Å². The fourth-order valence-corrected chi connectivity index (χ4v) is 3.65. The highest BCUT2D eigenvalue weighted by molar-refractivity contribution is 9.10. The molecular formula is C18H12BrFN+. The minimum absolute atomic E-state index is 0.0180. The van der Waals surface area contributed by atoms with E-state index in [1.54, 1.807) is 6.07 Å². The highest BCUT2D eigenvalue weighted by Crippen LogP contribution is 2.40. The highest BCUT2D eigenvalue weighted by Gasteiger charge is 2.39. The zero-order valence-electron chi connectivity index (χ0n) is 11.1. The van der Waals surface area contributed by atoms with Gasteiger partial charge in [0.1, 0.15) is 5.82 Å². The normalized spacial score (nSPS) is 15.6. The summed E-state index contributed by atoms with van der Waals surface area (Å²) in [5, 5.41) is 0. The average Bonchev–Trinajstić information content (AvgIpc) is 2.82. The van der Waals surface area contributed by atoms with Crippen LogP contribution < -0.4 is 4.57 Å². The Labute approximate surface area is 130 Å². The van der Waals surface area contributed by atoms with E-state index in [9.17, 15) is 4.39 Å². The summed E-state index contributed by atoms with van der Waals surface area (Å²) in [7, 11) is 0. The maximum absolute atomic E-state index is 13.8. The summed E-state index contributed by atoms with van der Waals surface area (Å²) in [6.07, 6.45) is 2.05. The molecule has 3 heteroatoms. The summed E-state index contributed by atoms with van der Waals surface area (Å²) >= 11 is 3.62. The third-order valence-electron chi connectivity index (χ3n) is 3.93. The van der Waals surface area contributed by atoms with E-state index in [2.05, 4.69) is 38.8 Å². The molecule has 2 heterocycles. The van der Waals surface area contributed by atoms with Crippen LogP contribution in [0.5, 0.6) is 0 Å². The molecule has 1 aliphatic heterocycles. The van der Waals surface area contributed by atoms with Gasteiger partial charge in [0.2, 0.25) is 11.7 Å². The number of hydrogen-bond donors (Lipinski definition) is 0. The van der Waals surface area contributed by atoms with Gasteiger partial charge in [0.15, 0.2) is 6.20 Å². The number of nitrogens with zero attached hydrogens (tertiary/aromatic N) is 1. The second kappa shape index (κ2) is 4.78. The molecule has 1 atom stereocenters. The molecule has 1 unspecified atom stereocenters. The Morgan fingerprint density at radius 2 is 1.76 bits per heavy atom. The molecule has 4 rings (SSSR count). The maximum atomic E-state index is 13.8. The molecule has 1 aromatic heterocycles. The number of fused-ring (bicyclic) bond motifs is 3. The minimum Gasteiger partial charge on any atom is -0.207 e. The van der Waals surface area contributed by atoms with E-state index in [0.29, 0.717) is 0 Å². The number of aromatic nitrogens is 1. The van der Waals surface area contributed by atoms with Crippen LogP contribution in [0.3, 0.4) is 0 Å². The number of benzene rings is 2. The van der Waals surface area contributed by atoms with E-state index in [0.717, 1.165) is 26.9 Å². The molecule has 102 valence electrons. The lowest BCUT2D eigenvalue weighted by Gasteiger charge is -2.08. The Balaban J connectivity index is 2.05. The summed E-state index contributed by atoms with van der Waals surface area (Å²) in [5.74, 6) is -0.195. The maximum Gasteiger partial charge on any atom is 0.228 e. The van der Waals surface area contributed by atoms with Gasteiger partial charge in [-0.1, -0.05) is 30.3 Å². The quantitative estimate of drug-likeness (QED) is 0.449. The van der Waals surface area contributed by atoms with Crippen molar-refractivity contribution < 1.29 is 8.96 Å². The number of pyridine rings is 1. The zero-order valence-corrected chi connectivity index (χ0v) is 12.7. The van der Waals surface area contributed by atoms with E-state index in [1.165, 1.54) is 6.07 Å². The summed E-state index contributed by atoms with van der Waals surface area (Å²) in [6, 6.07) is 19.3. The van der Waals surface area contributed by atoms with E-state index in [-0.39, 0.29) is 11.9 Å². The lowest BCUT2D eigenvalue weighted by molar-refractivity contribution is -0.689. The van der Waals surface area contributed by atoms with E-state index >= 15 is 0 Å². The molecule has 0 saturated heterocycles. The largest absolute Gasteiger partial charge is 0.228 e. The van der Waals surface area contributed by atoms with Gasteiger partial charge in [-0.15, -0.1) is 0 Å². The van der Waals surface area contributed by atoms with Crippen LogP contribution in [0.4, 0.5) is 4.39 Å². The summed E-state index contributed by atoms with van der Waals surface area (Å²) in [6.45, 7) is 0. The predicted octanol–water partition coefficient (Wildman–Crippen LogP) is 4.49. The molecular weight excluding hydrogens is 329 g/mol. The molecule has 21 heavy (non-hydrogen) atoms. The second-order valence-corrected chi connectivity index (χ2v) is 6.01. The van der Waals surface area contributed by atoms with Gasteiger partial charge in [0.25, 0.3) is 0 Å². The molecule has 0 bridgehead atoms. The first-order chi connectivity index (χ1) is 10.3. The standard InChI is InChI=1S/C18H12BrFN/c19-16-7-4-10-21-17(12-5-2-1-3-6-12)15-11-13(20)8-9-14(15)18(16)21/h1-11,17H/q+1. The molecule has 3 aromatic rings. The van der Waals surface area contributed by atoms with Gasteiger partial charge in [-0.2, -0.15) is 4.57 Å². The Morgan fingerprint density at radius 3 is 2.57 bits per heavy atom. The Morgan fingerprint density at radius 1 is 0.952 bits per heavy atom. The number of halogens is 2. The van der Waals surface area contributed by atoms with Gasteiger partial charge in [-0.3, -0.25) is 0 Å². The fraction of sp³-hybridized carbons (Fsp3) is 0.0556. The van der Waals surface area contributed by atoms with Crippen LogP contribution in [0.25, 0.3) is 11.3 Å². The topological polar surface area (TPSA) is 3.88 Å². The molecule has 0 aliphatic carbocycles. The smallest absolute Gasteiger partial charge is 0.207 e. The first kappa shape index (κ1) is 12.7. The van der Waals surface area contributed by atoms with Crippen molar-refractivity contribution >= 4 is 15.9 Å². The molecule has 0 radical (unpaired) electrons. The van der Waals surface area contributed by atoms with E-state index in [4.69, 9.17) is 0 Å². The molecule has 0 N–H and O–H groups in total. The average molecular weight is 341 g/mol. The molecule has 1 nitrogen and oxygen atoms in total. The Kier molecular flexibility index (Phi) is 2.89. The van der Waals surface area contributed by atoms with Crippen molar-refractivity contribution in [2.24, 2.45) is 0 Å². The SMILES string of the molecule is Fc1ccc2c(c1)C(c1ccccc1)[n+]1cccc(Br)c1-2. The van der Waals surface area contributed by atoms with Crippen molar-refractivity contribution in [3.05, 3.63) is 88.3 Å². The zero-order chi connectivity index (χ0) is 14.4. The third kappa shape index (κ3) is 1.92. The molecule has 0 fully saturated rings. The second-order valence-electron chi connectivity index (χ2n) is 5.16. The van der Waals surface area contributed by atoms with E-state index in [1.807, 2.05) is 36.4 Å². The summed E-state index contributed by atoms with van der Waals surface area (Å²) in [4.78, 5) is 0. The molecule has 0 saturated carbocycles. The van der Waals surface area contributed by atoms with Gasteiger partial charge >= 0.3 is 0 Å². The fourth-order valence-electron chi connectivity index (χ4n) is 3.08. The Hall–Kier alpha value is -2.00.